The van der Waals surface area contributed by atoms with Gasteiger partial charge in [0.1, 0.15) is 6.04 Å². The Morgan fingerprint density at radius 2 is 1.50 bits per heavy atom. The second-order valence-electron chi connectivity index (χ2n) is 6.29. The highest BCUT2D eigenvalue weighted by Gasteiger charge is 2.35. The Kier molecular flexibility index (Phi) is 9.73. The van der Waals surface area contributed by atoms with Gasteiger partial charge in [-0.1, -0.05) is 64.7 Å². The Morgan fingerprint density at radius 3 is 1.95 bits per heavy atom. The average molecular weight is 283 g/mol. The second-order valence-corrected chi connectivity index (χ2v) is 6.29. The van der Waals surface area contributed by atoms with Gasteiger partial charge in [0.2, 0.25) is 0 Å². The number of rotatable bonds is 14. The van der Waals surface area contributed by atoms with E-state index >= 15 is 0 Å². The zero-order chi connectivity index (χ0) is 14.6. The first-order valence-electron chi connectivity index (χ1n) is 8.72. The van der Waals surface area contributed by atoms with Crippen LogP contribution in [0.2, 0.25) is 0 Å². The Hall–Kier alpha value is -0.570. The number of aliphatic carboxylic acids is 1. The monoisotopic (exact) mass is 283 g/mol. The van der Waals surface area contributed by atoms with Crippen LogP contribution in [0, 0.1) is 5.92 Å². The lowest BCUT2D eigenvalue weighted by molar-refractivity contribution is -0.140. The third kappa shape index (κ3) is 8.57. The summed E-state index contributed by atoms with van der Waals surface area (Å²) in [4.78, 5) is 11.0. The van der Waals surface area contributed by atoms with E-state index in [4.69, 9.17) is 5.11 Å². The Bertz CT molecular complexity index is 251. The molecule has 0 amide bonds. The van der Waals surface area contributed by atoms with Crippen LogP contribution in [0.4, 0.5) is 0 Å². The van der Waals surface area contributed by atoms with Crippen LogP contribution in [0.3, 0.4) is 0 Å². The fourth-order valence-corrected chi connectivity index (χ4v) is 2.76. The van der Waals surface area contributed by atoms with Crippen molar-refractivity contribution in [3.63, 3.8) is 0 Å². The molecular formula is C17H33NO2. The van der Waals surface area contributed by atoms with Gasteiger partial charge in [-0.15, -0.1) is 0 Å². The number of carbonyl (C=O) groups is 1. The van der Waals surface area contributed by atoms with Crippen molar-refractivity contribution in [3.8, 4) is 0 Å². The molecule has 3 heteroatoms. The summed E-state index contributed by atoms with van der Waals surface area (Å²) >= 11 is 0. The molecule has 0 heterocycles. The van der Waals surface area contributed by atoms with Gasteiger partial charge < -0.3 is 10.4 Å². The van der Waals surface area contributed by atoms with Crippen molar-refractivity contribution in [3.05, 3.63) is 0 Å². The van der Waals surface area contributed by atoms with E-state index in [1.807, 2.05) is 0 Å². The number of carboxylic acids is 1. The van der Waals surface area contributed by atoms with Crippen LogP contribution in [-0.2, 0) is 4.79 Å². The van der Waals surface area contributed by atoms with Crippen molar-refractivity contribution in [2.45, 2.75) is 90.0 Å². The summed E-state index contributed by atoms with van der Waals surface area (Å²) in [5.41, 5.74) is 0. The van der Waals surface area contributed by atoms with E-state index in [1.165, 1.54) is 57.8 Å². The van der Waals surface area contributed by atoms with Crippen molar-refractivity contribution in [1.29, 1.82) is 0 Å². The van der Waals surface area contributed by atoms with E-state index in [0.717, 1.165) is 25.8 Å². The average Bonchev–Trinajstić information content (AvgIpc) is 3.24. The SMILES string of the molecule is CCCCCCCCCCCCNC(C(=O)O)C1CC1. The minimum Gasteiger partial charge on any atom is -0.480 e. The zero-order valence-electron chi connectivity index (χ0n) is 13.2. The van der Waals surface area contributed by atoms with E-state index in [9.17, 15) is 4.79 Å². The molecule has 1 atom stereocenters. The van der Waals surface area contributed by atoms with Crippen LogP contribution < -0.4 is 5.32 Å². The maximum absolute atomic E-state index is 11.0. The number of hydrogen-bond acceptors (Lipinski definition) is 2. The minimum absolute atomic E-state index is 0.284. The van der Waals surface area contributed by atoms with E-state index in [-0.39, 0.29) is 6.04 Å². The normalized spacial score (nSPS) is 16.2. The second kappa shape index (κ2) is 11.1. The van der Waals surface area contributed by atoms with Crippen molar-refractivity contribution in [2.24, 2.45) is 5.92 Å². The molecule has 2 N–H and O–H groups in total. The summed E-state index contributed by atoms with van der Waals surface area (Å²) in [6.07, 6.45) is 15.4. The first kappa shape index (κ1) is 17.5. The Balaban J connectivity index is 1.81. The zero-order valence-corrected chi connectivity index (χ0v) is 13.2. The van der Waals surface area contributed by atoms with E-state index in [2.05, 4.69) is 12.2 Å². The summed E-state index contributed by atoms with van der Waals surface area (Å²) in [7, 11) is 0. The van der Waals surface area contributed by atoms with Crippen LogP contribution in [0.15, 0.2) is 0 Å². The molecule has 0 aromatic rings. The lowest BCUT2D eigenvalue weighted by Crippen LogP contribution is -2.39. The molecule has 1 saturated carbocycles. The smallest absolute Gasteiger partial charge is 0.320 e. The molecule has 0 spiro atoms. The van der Waals surface area contributed by atoms with Crippen LogP contribution in [0.5, 0.6) is 0 Å². The van der Waals surface area contributed by atoms with Crippen molar-refractivity contribution >= 4 is 5.97 Å². The van der Waals surface area contributed by atoms with Gasteiger partial charge in [-0.05, 0) is 31.7 Å². The van der Waals surface area contributed by atoms with Gasteiger partial charge in [0.15, 0.2) is 0 Å². The Morgan fingerprint density at radius 1 is 1.00 bits per heavy atom. The molecule has 1 unspecified atom stereocenters. The van der Waals surface area contributed by atoms with E-state index in [0.29, 0.717) is 5.92 Å². The van der Waals surface area contributed by atoms with Gasteiger partial charge in [-0.3, -0.25) is 4.79 Å². The first-order chi connectivity index (χ1) is 9.75. The summed E-state index contributed by atoms with van der Waals surface area (Å²) < 4.78 is 0. The summed E-state index contributed by atoms with van der Waals surface area (Å²) in [6, 6.07) is -0.284. The van der Waals surface area contributed by atoms with Gasteiger partial charge in [0.25, 0.3) is 0 Å². The number of nitrogens with one attached hydrogen (secondary N) is 1. The number of hydrogen-bond donors (Lipinski definition) is 2. The van der Waals surface area contributed by atoms with Crippen molar-refractivity contribution in [1.82, 2.24) is 5.32 Å². The first-order valence-corrected chi connectivity index (χ1v) is 8.72. The van der Waals surface area contributed by atoms with Gasteiger partial charge in [-0.25, -0.2) is 0 Å². The van der Waals surface area contributed by atoms with Crippen LogP contribution in [0.25, 0.3) is 0 Å². The highest BCUT2D eigenvalue weighted by Crippen LogP contribution is 2.32. The summed E-state index contributed by atoms with van der Waals surface area (Å²) in [6.45, 7) is 3.12. The standard InChI is InChI=1S/C17H33NO2/c1-2-3-4-5-6-7-8-9-10-11-14-18-16(17(19)20)15-12-13-15/h15-16,18H,2-14H2,1H3,(H,19,20). The third-order valence-corrected chi connectivity index (χ3v) is 4.25. The van der Waals surface area contributed by atoms with Crippen molar-refractivity contribution in [2.75, 3.05) is 6.54 Å². The predicted molar refractivity (Wildman–Crippen MR) is 84.0 cm³/mol. The molecule has 1 aliphatic rings. The molecule has 0 radical (unpaired) electrons. The molecule has 1 aliphatic carbocycles. The molecule has 0 aromatic carbocycles. The number of unbranched alkanes of at least 4 members (excludes halogenated alkanes) is 9. The van der Waals surface area contributed by atoms with Gasteiger partial charge in [0, 0.05) is 0 Å². The van der Waals surface area contributed by atoms with Gasteiger partial charge in [-0.2, -0.15) is 0 Å². The van der Waals surface area contributed by atoms with Gasteiger partial charge >= 0.3 is 5.97 Å². The third-order valence-electron chi connectivity index (χ3n) is 4.25. The van der Waals surface area contributed by atoms with Crippen molar-refractivity contribution < 1.29 is 9.90 Å². The van der Waals surface area contributed by atoms with Crippen LogP contribution in [-0.4, -0.2) is 23.7 Å². The predicted octanol–water partition coefficient (Wildman–Crippen LogP) is 4.36. The molecular weight excluding hydrogens is 250 g/mol. The summed E-state index contributed by atoms with van der Waals surface area (Å²) in [5.74, 6) is -0.268. The maximum atomic E-state index is 11.0. The summed E-state index contributed by atoms with van der Waals surface area (Å²) in [5, 5.41) is 12.3. The number of carboxylic acid groups (broad SMARTS) is 1. The maximum Gasteiger partial charge on any atom is 0.320 e. The quantitative estimate of drug-likeness (QED) is 0.466. The molecule has 0 bridgehead atoms. The highest BCUT2D eigenvalue weighted by atomic mass is 16.4. The molecule has 0 aromatic heterocycles. The van der Waals surface area contributed by atoms with E-state index in [1.54, 1.807) is 0 Å². The molecule has 0 saturated heterocycles. The largest absolute Gasteiger partial charge is 0.480 e. The fraction of sp³-hybridized carbons (Fsp3) is 0.941. The molecule has 20 heavy (non-hydrogen) atoms. The highest BCUT2D eigenvalue weighted by molar-refractivity contribution is 5.74. The molecule has 118 valence electrons. The minimum atomic E-state index is -0.667. The topological polar surface area (TPSA) is 49.3 Å². The molecule has 1 rings (SSSR count). The lowest BCUT2D eigenvalue weighted by Gasteiger charge is -2.13. The molecule has 3 nitrogen and oxygen atoms in total. The lowest BCUT2D eigenvalue weighted by atomic mass is 10.1. The van der Waals surface area contributed by atoms with Gasteiger partial charge in [0.05, 0.1) is 0 Å². The molecule has 1 fully saturated rings. The Labute approximate surface area is 124 Å². The fourth-order valence-electron chi connectivity index (χ4n) is 2.76. The van der Waals surface area contributed by atoms with Crippen LogP contribution >= 0.6 is 0 Å². The van der Waals surface area contributed by atoms with E-state index < -0.39 is 5.97 Å². The molecule has 0 aliphatic heterocycles. The van der Waals surface area contributed by atoms with Crippen LogP contribution in [0.1, 0.15) is 84.0 Å².